The number of ether oxygens (including phenoxy) is 4. The second kappa shape index (κ2) is 26.9. The molecule has 0 N–H and O–H groups in total. The van der Waals surface area contributed by atoms with Crippen LogP contribution in [-0.2, 0) is 0 Å². The monoisotopic (exact) mass is 1350 g/mol. The van der Waals surface area contributed by atoms with Gasteiger partial charge in [-0.15, -0.1) is 0 Å². The van der Waals surface area contributed by atoms with Crippen LogP contribution in [0.5, 0.6) is 23.0 Å². The number of hydrogen-bond donors (Lipinski definition) is 0. The Hall–Kier alpha value is -15.8. The van der Waals surface area contributed by atoms with Crippen LogP contribution >= 0.6 is 11.6 Å². The number of methoxy groups -OCH3 is 4. The summed E-state index contributed by atoms with van der Waals surface area (Å²) < 4.78 is 34.1. The van der Waals surface area contributed by atoms with E-state index in [1.165, 1.54) is 46.6 Å². The highest BCUT2D eigenvalue weighted by Crippen LogP contribution is 2.47. The predicted octanol–water partition coefficient (Wildman–Crippen LogP) is 8.29. The van der Waals surface area contributed by atoms with E-state index in [4.69, 9.17) is 83.2 Å². The molecule has 29 nitrogen and oxygen atoms in total. The Kier molecular flexibility index (Phi) is 17.7. The Morgan fingerprint density at radius 1 is 0.307 bits per heavy atom. The molecule has 5 heterocycles. The zero-order chi connectivity index (χ0) is 72.4. The van der Waals surface area contributed by atoms with Crippen molar-refractivity contribution in [3.8, 4) is 140 Å². The molecule has 0 aliphatic heterocycles. The van der Waals surface area contributed by atoms with Crippen molar-refractivity contribution in [2.45, 2.75) is 6.92 Å². The number of carbonyl (C=O) groups is 5. The van der Waals surface area contributed by atoms with Gasteiger partial charge >= 0.3 is 0 Å². The van der Waals surface area contributed by atoms with Gasteiger partial charge in [-0.25, -0.2) is 54.2 Å². The highest BCUT2D eigenvalue weighted by atomic mass is 35.5. The lowest BCUT2D eigenvalue weighted by atomic mass is 10.1. The summed E-state index contributed by atoms with van der Waals surface area (Å²) in [7, 11) is 5.80. The number of hydrogen-bond acceptors (Lipinski definition) is 29. The molecular weight excluding hydrogens is 1320 g/mol. The van der Waals surface area contributed by atoms with Crippen molar-refractivity contribution in [2.24, 2.45) is 0 Å². The van der Waals surface area contributed by atoms with Crippen molar-refractivity contribution in [3.05, 3.63) is 208 Å². The van der Waals surface area contributed by atoms with Gasteiger partial charge in [0, 0.05) is 44.0 Å². The molecule has 5 aliphatic carbocycles. The van der Waals surface area contributed by atoms with Gasteiger partial charge in [0.05, 0.1) is 45.1 Å². The van der Waals surface area contributed by atoms with Crippen molar-refractivity contribution >= 4 is 40.5 Å². The minimum Gasteiger partial charge on any atom is -0.496 e. The Morgan fingerprint density at radius 2 is 0.624 bits per heavy atom. The minimum absolute atomic E-state index is 0.0175. The first-order valence-electron chi connectivity index (χ1n) is 28.3. The van der Waals surface area contributed by atoms with E-state index in [0.717, 1.165) is 11.6 Å². The molecule has 0 saturated heterocycles. The van der Waals surface area contributed by atoms with Crippen LogP contribution < -0.4 is 18.9 Å². The molecule has 0 fully saturated rings. The van der Waals surface area contributed by atoms with Crippen LogP contribution in [0.1, 0.15) is 143 Å². The van der Waals surface area contributed by atoms with E-state index in [1.807, 2.05) is 37.3 Å². The van der Waals surface area contributed by atoms with Gasteiger partial charge in [0.15, 0.2) is 68.4 Å². The lowest BCUT2D eigenvalue weighted by Gasteiger charge is -2.10. The average Bonchev–Trinajstić information content (AvgIpc) is 1.63. The standard InChI is InChI=1S/2C15H8N4O3.C14H6N4O.C13H3ClN4O.C13H3FN4O/c1-21-9-3-4-10(22-2)12-11(9)13-14(15(12)20)19-8(6-17)7(5-16)18-13;1-21-10-4-3-7-11(15(10)22-2)14(20)13-12(7)18-8(5-16)9(6-17)19-13;1-7-2-3-8-9(4-7)12-13(14(8)19)18-11(6-16)10(5-15)17-12;2*14-6-1-2-7-8(3-6)13(19)12-11(7)17-9(4-15)10(5-16)18-12/h2*3-4H,1-2H3;2-4H,1H3;2*1-3H. The summed E-state index contributed by atoms with van der Waals surface area (Å²) in [6.07, 6.45) is 0. The fourth-order valence-corrected chi connectivity index (χ4v) is 11.1. The number of nitrogens with zero attached hydrogens (tertiary/aromatic N) is 20. The first-order valence-corrected chi connectivity index (χ1v) is 28.7. The van der Waals surface area contributed by atoms with Gasteiger partial charge in [-0.05, 0) is 67.6 Å². The van der Waals surface area contributed by atoms with Crippen LogP contribution in [0.2, 0.25) is 5.02 Å². The molecule has 0 saturated carbocycles. The zero-order valence-electron chi connectivity index (χ0n) is 51.9. The van der Waals surface area contributed by atoms with Crippen molar-refractivity contribution in [1.29, 1.82) is 52.6 Å². The first-order chi connectivity index (χ1) is 48.8. The van der Waals surface area contributed by atoms with Crippen LogP contribution in [0, 0.1) is 126 Å². The maximum Gasteiger partial charge on any atom is 0.218 e. The highest BCUT2D eigenvalue weighted by Gasteiger charge is 2.39. The molecule has 101 heavy (non-hydrogen) atoms. The van der Waals surface area contributed by atoms with E-state index in [2.05, 4.69) is 49.8 Å². The number of aromatic nitrogens is 10. The summed E-state index contributed by atoms with van der Waals surface area (Å²) in [6.45, 7) is 1.91. The van der Waals surface area contributed by atoms with Crippen LogP contribution in [0.15, 0.2) is 78.9 Å². The lowest BCUT2D eigenvalue weighted by Crippen LogP contribution is -2.05. The summed E-state index contributed by atoms with van der Waals surface area (Å²) in [5.74, 6) is -0.962. The Bertz CT molecular complexity index is 5840. The van der Waals surface area contributed by atoms with Crippen molar-refractivity contribution in [3.63, 3.8) is 0 Å². The highest BCUT2D eigenvalue weighted by molar-refractivity contribution is 6.32. The molecule has 31 heteroatoms. The fraction of sp³-hybridized carbons (Fsp3) is 0.0714. The Balaban J connectivity index is 0.000000127. The van der Waals surface area contributed by atoms with E-state index < -0.39 is 23.2 Å². The zero-order valence-corrected chi connectivity index (χ0v) is 52.6. The number of rotatable bonds is 4. The van der Waals surface area contributed by atoms with Gasteiger partial charge in [-0.3, -0.25) is 24.0 Å². The SMILES string of the molecule is COc1ccc(OC)c2c1C(=O)c1nc(C#N)c(C#N)nc1-2.COc1ccc2c(c1OC)C(=O)c1nc(C#N)c(C#N)nc1-2.Cc1ccc2c(c1)-c1nc(C#N)c(C#N)nc1C2=O.N#Cc1nc2c(nc1C#N)-c1ccc(Cl)cc1C2=O.N#Cc1nc2c(nc1C#N)-c1ccc(F)cc1C2=O. The van der Waals surface area contributed by atoms with Gasteiger partial charge < -0.3 is 18.9 Å². The number of benzene rings is 5. The molecule has 0 spiro atoms. The number of carbonyl (C=O) groups excluding carboxylic acids is 5. The quantitative estimate of drug-likeness (QED) is 0.160. The van der Waals surface area contributed by atoms with Gasteiger partial charge in [0.25, 0.3) is 0 Å². The topological polar surface area (TPSA) is 489 Å². The smallest absolute Gasteiger partial charge is 0.218 e. The summed E-state index contributed by atoms with van der Waals surface area (Å²) in [4.78, 5) is 102. The molecule has 0 unspecified atom stereocenters. The molecule has 0 amide bonds. The van der Waals surface area contributed by atoms with E-state index in [-0.39, 0.29) is 136 Å². The second-order valence-corrected chi connectivity index (χ2v) is 21.2. The largest absolute Gasteiger partial charge is 0.496 e. The summed E-state index contributed by atoms with van der Waals surface area (Å²) >= 11 is 5.85. The van der Waals surface area contributed by atoms with Crippen LogP contribution in [0.25, 0.3) is 56.3 Å². The van der Waals surface area contributed by atoms with Gasteiger partial charge in [0.1, 0.15) is 135 Å². The average molecular weight is 1350 g/mol. The van der Waals surface area contributed by atoms with Crippen molar-refractivity contribution in [1.82, 2.24) is 49.8 Å². The lowest BCUT2D eigenvalue weighted by molar-refractivity contribution is 0.102. The molecule has 5 aromatic heterocycles. The van der Waals surface area contributed by atoms with E-state index in [0.29, 0.717) is 72.6 Å². The third-order valence-electron chi connectivity index (χ3n) is 15.3. The van der Waals surface area contributed by atoms with Crippen molar-refractivity contribution in [2.75, 3.05) is 28.4 Å². The molecule has 0 radical (unpaired) electrons. The number of ketones is 5. The molecule has 0 bridgehead atoms. The normalized spacial score (nSPS) is 11.3. The molecule has 5 aromatic carbocycles. The Labute approximate surface area is 571 Å². The number of aryl methyl sites for hydroxylation is 1. The molecule has 15 rings (SSSR count). The summed E-state index contributed by atoms with van der Waals surface area (Å²) in [6, 6.07) is 38.3. The summed E-state index contributed by atoms with van der Waals surface area (Å²) in [5.41, 5.74) is 5.57. The van der Waals surface area contributed by atoms with E-state index >= 15 is 0 Å². The van der Waals surface area contributed by atoms with Gasteiger partial charge in [-0.2, -0.15) is 52.6 Å². The molecule has 10 aromatic rings. The Morgan fingerprint density at radius 3 is 1.05 bits per heavy atom. The molecular formula is C70H28ClFN20O9. The summed E-state index contributed by atoms with van der Waals surface area (Å²) in [5, 5.41) is 90.0. The molecule has 476 valence electrons. The minimum atomic E-state index is -0.541. The third kappa shape index (κ3) is 11.2. The maximum absolute atomic E-state index is 13.2. The van der Waals surface area contributed by atoms with E-state index in [1.54, 1.807) is 84.9 Å². The van der Waals surface area contributed by atoms with Crippen LogP contribution in [0.3, 0.4) is 0 Å². The van der Waals surface area contributed by atoms with Gasteiger partial charge in [-0.1, -0.05) is 35.4 Å². The van der Waals surface area contributed by atoms with Crippen LogP contribution in [0.4, 0.5) is 4.39 Å². The van der Waals surface area contributed by atoms with Crippen LogP contribution in [-0.4, -0.2) is 107 Å². The van der Waals surface area contributed by atoms with Crippen molar-refractivity contribution < 1.29 is 47.3 Å². The predicted molar refractivity (Wildman–Crippen MR) is 338 cm³/mol. The fourth-order valence-electron chi connectivity index (χ4n) is 10.9. The number of fused-ring (bicyclic) bond motifs is 15. The maximum atomic E-state index is 13.2. The number of nitriles is 10. The second-order valence-electron chi connectivity index (χ2n) is 20.7. The first kappa shape index (κ1) is 66.6. The molecule has 0 atom stereocenters. The molecule has 5 aliphatic rings. The number of halogens is 2. The third-order valence-corrected chi connectivity index (χ3v) is 15.5. The van der Waals surface area contributed by atoms with E-state index in [9.17, 15) is 28.4 Å². The van der Waals surface area contributed by atoms with Gasteiger partial charge in [0.2, 0.25) is 28.9 Å².